The minimum atomic E-state index is -4.44. The first-order valence-corrected chi connectivity index (χ1v) is 11.4. The lowest BCUT2D eigenvalue weighted by Gasteiger charge is -2.22. The third kappa shape index (κ3) is 4.92. The number of aliphatic hydroxyl groups is 2. The molecular weight excluding hydrogens is 473 g/mol. The number of aliphatic hydroxyl groups excluding tert-OH is 2. The van der Waals surface area contributed by atoms with Crippen molar-refractivity contribution in [1.82, 2.24) is 19.9 Å². The highest BCUT2D eigenvalue weighted by molar-refractivity contribution is 7.21. The van der Waals surface area contributed by atoms with Gasteiger partial charge in [0.15, 0.2) is 0 Å². The van der Waals surface area contributed by atoms with Gasteiger partial charge in [-0.2, -0.15) is 18.2 Å². The fourth-order valence-electron chi connectivity index (χ4n) is 4.22. The van der Waals surface area contributed by atoms with Crippen molar-refractivity contribution >= 4 is 33.3 Å². The van der Waals surface area contributed by atoms with Gasteiger partial charge in [0.25, 0.3) is 0 Å². The molecule has 3 heterocycles. The van der Waals surface area contributed by atoms with E-state index >= 15 is 0 Å². The first-order chi connectivity index (χ1) is 16.1. The molecule has 1 saturated carbocycles. The molecule has 3 aromatic rings. The molecule has 1 fully saturated rings. The van der Waals surface area contributed by atoms with E-state index in [-0.39, 0.29) is 24.3 Å². The van der Waals surface area contributed by atoms with E-state index in [9.17, 15) is 23.4 Å². The van der Waals surface area contributed by atoms with Crippen molar-refractivity contribution in [2.45, 2.75) is 44.7 Å². The monoisotopic (exact) mass is 498 g/mol. The predicted molar refractivity (Wildman–Crippen MR) is 122 cm³/mol. The summed E-state index contributed by atoms with van der Waals surface area (Å²) >= 11 is 1.39. The molecule has 184 valence electrons. The average Bonchev–Trinajstić information content (AvgIpc) is 3.33. The Morgan fingerprint density at radius 1 is 1.21 bits per heavy atom. The van der Waals surface area contributed by atoms with Gasteiger partial charge in [0.1, 0.15) is 29.0 Å². The summed E-state index contributed by atoms with van der Waals surface area (Å²) < 4.78 is 44.5. The maximum Gasteiger partial charge on any atom is 0.405 e. The maximum absolute atomic E-state index is 12.8. The van der Waals surface area contributed by atoms with Crippen LogP contribution in [-0.2, 0) is 4.74 Å². The number of nitrogens with one attached hydrogen (secondary N) is 2. The summed E-state index contributed by atoms with van der Waals surface area (Å²) in [6.07, 6.45) is -3.93. The number of thiazole rings is 1. The number of fused-ring (bicyclic) bond motifs is 1. The Morgan fingerprint density at radius 3 is 2.59 bits per heavy atom. The average molecular weight is 499 g/mol. The van der Waals surface area contributed by atoms with Gasteiger partial charge in [-0.3, -0.25) is 4.98 Å². The number of hydrogen-bond donors (Lipinski definition) is 4. The van der Waals surface area contributed by atoms with Crippen LogP contribution >= 0.6 is 11.3 Å². The predicted octanol–water partition coefficient (Wildman–Crippen LogP) is 2.91. The van der Waals surface area contributed by atoms with Crippen LogP contribution in [0.15, 0.2) is 12.3 Å². The Hall–Kier alpha value is -2.61. The van der Waals surface area contributed by atoms with Crippen molar-refractivity contribution in [2.75, 3.05) is 30.9 Å². The molecule has 0 aliphatic heterocycles. The Labute approximate surface area is 197 Å². The smallest absolute Gasteiger partial charge is 0.396 e. The molecule has 13 heteroatoms. The highest BCUT2D eigenvalue weighted by Gasteiger charge is 2.43. The van der Waals surface area contributed by atoms with E-state index in [1.54, 1.807) is 13.1 Å². The molecule has 0 aromatic carbocycles. The van der Waals surface area contributed by atoms with Crippen LogP contribution in [0.4, 0.5) is 24.9 Å². The second-order valence-electron chi connectivity index (χ2n) is 8.21. The third-order valence-electron chi connectivity index (χ3n) is 5.84. The number of halogens is 3. The van der Waals surface area contributed by atoms with Crippen LogP contribution in [0.2, 0.25) is 0 Å². The van der Waals surface area contributed by atoms with Crippen LogP contribution < -0.4 is 10.6 Å². The number of aryl methyl sites for hydroxylation is 2. The molecule has 4 N–H and O–H groups in total. The number of methoxy groups -OCH3 is 1. The maximum atomic E-state index is 12.8. The molecule has 0 amide bonds. The van der Waals surface area contributed by atoms with Crippen molar-refractivity contribution in [3.05, 3.63) is 23.7 Å². The molecule has 4 atom stereocenters. The largest absolute Gasteiger partial charge is 0.405 e. The Bertz CT molecular complexity index is 1170. The van der Waals surface area contributed by atoms with Crippen molar-refractivity contribution in [3.8, 4) is 10.6 Å². The molecule has 0 spiro atoms. The Balaban J connectivity index is 1.76. The fourth-order valence-corrected chi connectivity index (χ4v) is 5.33. The highest BCUT2D eigenvalue weighted by Crippen LogP contribution is 2.38. The summed E-state index contributed by atoms with van der Waals surface area (Å²) in [7, 11) is 1.45. The summed E-state index contributed by atoms with van der Waals surface area (Å²) in [5, 5.41) is 26.4. The Morgan fingerprint density at radius 2 is 1.97 bits per heavy atom. The zero-order valence-electron chi connectivity index (χ0n) is 18.7. The first-order valence-electron chi connectivity index (χ1n) is 10.6. The second kappa shape index (κ2) is 9.56. The zero-order chi connectivity index (χ0) is 24.6. The van der Waals surface area contributed by atoms with E-state index in [0.29, 0.717) is 28.2 Å². The van der Waals surface area contributed by atoms with Crippen molar-refractivity contribution in [2.24, 2.45) is 5.92 Å². The molecule has 34 heavy (non-hydrogen) atoms. The molecular formula is C21H25F3N6O3S. The van der Waals surface area contributed by atoms with E-state index in [0.717, 1.165) is 10.4 Å². The molecule has 0 radical (unpaired) electrons. The molecule has 0 unspecified atom stereocenters. The molecule has 1 aliphatic carbocycles. The van der Waals surface area contributed by atoms with E-state index in [2.05, 4.69) is 30.6 Å². The summed E-state index contributed by atoms with van der Waals surface area (Å²) in [5.74, 6) is -0.267. The van der Waals surface area contributed by atoms with Gasteiger partial charge >= 0.3 is 6.18 Å². The van der Waals surface area contributed by atoms with Gasteiger partial charge in [-0.25, -0.2) is 9.97 Å². The van der Waals surface area contributed by atoms with Crippen LogP contribution in [-0.4, -0.2) is 74.8 Å². The van der Waals surface area contributed by atoms with Crippen molar-refractivity contribution in [3.63, 3.8) is 0 Å². The lowest BCUT2D eigenvalue weighted by atomic mass is 10.1. The van der Waals surface area contributed by atoms with Crippen LogP contribution in [0.1, 0.15) is 17.8 Å². The van der Waals surface area contributed by atoms with E-state index in [1.807, 2.05) is 13.0 Å². The normalized spacial score (nSPS) is 22.9. The van der Waals surface area contributed by atoms with E-state index in [4.69, 9.17) is 4.74 Å². The second-order valence-corrected chi connectivity index (χ2v) is 9.24. The number of nitrogens with zero attached hydrogens (tertiary/aromatic N) is 4. The minimum absolute atomic E-state index is 0.175. The topological polar surface area (TPSA) is 125 Å². The molecule has 9 nitrogen and oxygen atoms in total. The van der Waals surface area contributed by atoms with Gasteiger partial charge < -0.3 is 25.6 Å². The number of aromatic nitrogens is 4. The van der Waals surface area contributed by atoms with Crippen LogP contribution in [0.25, 0.3) is 20.8 Å². The molecule has 1 aliphatic rings. The zero-order valence-corrected chi connectivity index (χ0v) is 19.5. The molecule has 0 bridgehead atoms. The highest BCUT2D eigenvalue weighted by atomic mass is 32.1. The van der Waals surface area contributed by atoms with E-state index < -0.39 is 31.0 Å². The van der Waals surface area contributed by atoms with Gasteiger partial charge in [0.05, 0.1) is 33.8 Å². The van der Waals surface area contributed by atoms with Crippen molar-refractivity contribution in [1.29, 1.82) is 0 Å². The number of anilines is 2. The summed E-state index contributed by atoms with van der Waals surface area (Å²) in [6, 6.07) is 1.28. The number of hydrogen-bond acceptors (Lipinski definition) is 10. The van der Waals surface area contributed by atoms with Gasteiger partial charge in [-0.1, -0.05) is 0 Å². The standard InChI is InChI=1S/C21H25F3N6O3S/c1-9-14(19-29-15-10(2)25-5-4-13(15)34-19)18(30-20(27-9)26-8-21(22,23)24)28-12-6-11(7-31)17(33-3)16(12)32/h4-5,11-12,16-17,31-32H,6-8H2,1-3H3,(H2,26,27,28,30)/t11-,12-,16+,17-/m1/s1. The third-order valence-corrected chi connectivity index (χ3v) is 6.88. The summed E-state index contributed by atoms with van der Waals surface area (Å²) in [6.45, 7) is 2.04. The molecule has 3 aromatic heterocycles. The van der Waals surface area contributed by atoms with Gasteiger partial charge in [0.2, 0.25) is 5.95 Å². The number of rotatable bonds is 7. The van der Waals surface area contributed by atoms with Gasteiger partial charge in [0, 0.05) is 25.8 Å². The van der Waals surface area contributed by atoms with Gasteiger partial charge in [-0.05, 0) is 26.3 Å². The van der Waals surface area contributed by atoms with E-state index in [1.165, 1.54) is 18.4 Å². The van der Waals surface area contributed by atoms with Crippen LogP contribution in [0.3, 0.4) is 0 Å². The summed E-state index contributed by atoms with van der Waals surface area (Å²) in [4.78, 5) is 17.5. The number of alkyl halides is 3. The minimum Gasteiger partial charge on any atom is -0.396 e. The van der Waals surface area contributed by atoms with Crippen LogP contribution in [0.5, 0.6) is 0 Å². The molecule has 4 rings (SSSR count). The van der Waals surface area contributed by atoms with Gasteiger partial charge in [-0.15, -0.1) is 11.3 Å². The van der Waals surface area contributed by atoms with Crippen molar-refractivity contribution < 1.29 is 28.1 Å². The lowest BCUT2D eigenvalue weighted by molar-refractivity contribution is -0.115. The SMILES string of the molecule is CO[C@@H]1[C@@H](CO)C[C@@H](Nc2nc(NCC(F)(F)F)nc(C)c2-c2nc3c(C)nccc3s2)[C@@H]1O. The summed E-state index contributed by atoms with van der Waals surface area (Å²) in [5.41, 5.74) is 2.40. The lowest BCUT2D eigenvalue weighted by Crippen LogP contribution is -2.37. The number of ether oxygens (including phenoxy) is 1. The first kappa shape index (κ1) is 24.5. The Kier molecular flexibility index (Phi) is 6.90. The molecule has 0 saturated heterocycles. The fraction of sp³-hybridized carbons (Fsp3) is 0.524. The quantitative estimate of drug-likeness (QED) is 0.389. The number of pyridine rings is 1. The van der Waals surface area contributed by atoms with Crippen LogP contribution in [0, 0.1) is 19.8 Å².